The van der Waals surface area contributed by atoms with Crippen molar-refractivity contribution in [3.05, 3.63) is 70.8 Å². The van der Waals surface area contributed by atoms with E-state index in [1.54, 1.807) is 75.4 Å². The molecule has 0 saturated carbocycles. The molecule has 0 radical (unpaired) electrons. The molecule has 0 atom stereocenters. The number of benzene rings is 2. The van der Waals surface area contributed by atoms with Crippen LogP contribution in [-0.4, -0.2) is 31.3 Å². The van der Waals surface area contributed by atoms with Gasteiger partial charge in [-0.25, -0.2) is 9.59 Å². The number of carbonyl (C=O) groups is 2. The van der Waals surface area contributed by atoms with Crippen LogP contribution in [-0.2, 0) is 14.3 Å². The monoisotopic (exact) mass is 393 g/mol. The second-order valence-corrected chi connectivity index (χ2v) is 7.21. The number of methoxy groups -OCH3 is 1. The summed E-state index contributed by atoms with van der Waals surface area (Å²) >= 11 is 0. The summed E-state index contributed by atoms with van der Waals surface area (Å²) in [5, 5.41) is 8.87. The zero-order chi connectivity index (χ0) is 21.4. The number of hydrogen-bond acceptors (Lipinski definition) is 6. The Morgan fingerprint density at radius 1 is 1.03 bits per heavy atom. The summed E-state index contributed by atoms with van der Waals surface area (Å²) < 4.78 is 15.9. The molecule has 6 nitrogen and oxygen atoms in total. The standard InChI is InChI=1S/C23H23NO5/c1-23(2,3)29-22(26)19(15-28-20-11-7-17(14-24)8-12-20)13-16-5-9-18(10-6-16)21(25)27-4/h5-13H,15H2,1-4H3. The Morgan fingerprint density at radius 3 is 2.17 bits per heavy atom. The van der Waals surface area contributed by atoms with E-state index in [4.69, 9.17) is 14.7 Å². The van der Waals surface area contributed by atoms with Crippen LogP contribution in [0.3, 0.4) is 0 Å². The maximum absolute atomic E-state index is 12.6. The van der Waals surface area contributed by atoms with Gasteiger partial charge in [-0.3, -0.25) is 0 Å². The van der Waals surface area contributed by atoms with Gasteiger partial charge in [-0.1, -0.05) is 12.1 Å². The average Bonchev–Trinajstić information content (AvgIpc) is 2.70. The summed E-state index contributed by atoms with van der Waals surface area (Å²) in [4.78, 5) is 24.2. The van der Waals surface area contributed by atoms with Gasteiger partial charge in [0.25, 0.3) is 0 Å². The van der Waals surface area contributed by atoms with E-state index in [0.29, 0.717) is 28.0 Å². The molecular formula is C23H23NO5. The van der Waals surface area contributed by atoms with Gasteiger partial charge in [0.2, 0.25) is 0 Å². The minimum Gasteiger partial charge on any atom is -0.489 e. The SMILES string of the molecule is COC(=O)c1ccc(C=C(COc2ccc(C#N)cc2)C(=O)OC(C)(C)C)cc1. The van der Waals surface area contributed by atoms with Gasteiger partial charge in [-0.05, 0) is 68.8 Å². The van der Waals surface area contributed by atoms with Gasteiger partial charge in [0.15, 0.2) is 0 Å². The third kappa shape index (κ3) is 6.82. The fourth-order valence-electron chi connectivity index (χ4n) is 2.32. The highest BCUT2D eigenvalue weighted by molar-refractivity contribution is 5.94. The first-order chi connectivity index (χ1) is 13.7. The number of carbonyl (C=O) groups excluding carboxylic acids is 2. The molecule has 150 valence electrons. The topological polar surface area (TPSA) is 85.6 Å². The molecule has 0 fully saturated rings. The Kier molecular flexibility index (Phi) is 7.15. The van der Waals surface area contributed by atoms with Crippen LogP contribution in [0.2, 0.25) is 0 Å². The van der Waals surface area contributed by atoms with Crippen molar-refractivity contribution >= 4 is 18.0 Å². The minimum atomic E-state index is -0.653. The van der Waals surface area contributed by atoms with Gasteiger partial charge in [0, 0.05) is 0 Å². The second kappa shape index (κ2) is 9.56. The number of esters is 2. The van der Waals surface area contributed by atoms with Crippen LogP contribution in [0, 0.1) is 11.3 Å². The predicted octanol–water partition coefficient (Wildman–Crippen LogP) is 4.15. The lowest BCUT2D eigenvalue weighted by molar-refractivity contribution is -0.150. The summed E-state index contributed by atoms with van der Waals surface area (Å²) in [6.45, 7) is 5.35. The van der Waals surface area contributed by atoms with Crippen molar-refractivity contribution in [1.82, 2.24) is 0 Å². The van der Waals surface area contributed by atoms with Crippen molar-refractivity contribution < 1.29 is 23.8 Å². The van der Waals surface area contributed by atoms with Gasteiger partial charge < -0.3 is 14.2 Å². The maximum Gasteiger partial charge on any atom is 0.338 e. The van der Waals surface area contributed by atoms with Gasteiger partial charge in [-0.15, -0.1) is 0 Å². The largest absolute Gasteiger partial charge is 0.489 e. The molecule has 0 aliphatic rings. The quantitative estimate of drug-likeness (QED) is 0.541. The van der Waals surface area contributed by atoms with Crippen molar-refractivity contribution in [2.75, 3.05) is 13.7 Å². The molecule has 2 rings (SSSR count). The summed E-state index contributed by atoms with van der Waals surface area (Å²) in [6, 6.07) is 15.3. The third-order valence-electron chi connectivity index (χ3n) is 3.71. The molecular weight excluding hydrogens is 370 g/mol. The normalized spacial score (nSPS) is 11.3. The fourth-order valence-corrected chi connectivity index (χ4v) is 2.32. The molecule has 0 amide bonds. The van der Waals surface area contributed by atoms with E-state index in [2.05, 4.69) is 4.74 Å². The highest BCUT2D eigenvalue weighted by Crippen LogP contribution is 2.18. The van der Waals surface area contributed by atoms with Crippen molar-refractivity contribution in [3.63, 3.8) is 0 Å². The molecule has 0 saturated heterocycles. The van der Waals surface area contributed by atoms with Crippen molar-refractivity contribution in [3.8, 4) is 11.8 Å². The molecule has 0 spiro atoms. The van der Waals surface area contributed by atoms with Crippen LogP contribution in [0.15, 0.2) is 54.1 Å². The van der Waals surface area contributed by atoms with Crippen LogP contribution in [0.5, 0.6) is 5.75 Å². The number of ether oxygens (including phenoxy) is 3. The highest BCUT2D eigenvalue weighted by Gasteiger charge is 2.20. The molecule has 0 heterocycles. The van der Waals surface area contributed by atoms with Gasteiger partial charge in [0.1, 0.15) is 18.0 Å². The second-order valence-electron chi connectivity index (χ2n) is 7.21. The lowest BCUT2D eigenvalue weighted by atomic mass is 10.1. The summed E-state index contributed by atoms with van der Waals surface area (Å²) in [7, 11) is 1.32. The molecule has 0 unspecified atom stereocenters. The number of rotatable bonds is 6. The Hall–Kier alpha value is -3.59. The Bertz CT molecular complexity index is 929. The van der Waals surface area contributed by atoms with E-state index in [9.17, 15) is 9.59 Å². The Morgan fingerprint density at radius 2 is 1.66 bits per heavy atom. The van der Waals surface area contributed by atoms with Crippen molar-refractivity contribution in [2.24, 2.45) is 0 Å². The minimum absolute atomic E-state index is 0.0143. The van der Waals surface area contributed by atoms with Crippen LogP contribution >= 0.6 is 0 Å². The summed E-state index contributed by atoms with van der Waals surface area (Å²) in [5.74, 6) is -0.403. The zero-order valence-electron chi connectivity index (χ0n) is 16.9. The van der Waals surface area contributed by atoms with Gasteiger partial charge >= 0.3 is 11.9 Å². The predicted molar refractivity (Wildman–Crippen MR) is 108 cm³/mol. The fraction of sp³-hybridized carbons (Fsp3) is 0.261. The molecule has 0 aromatic heterocycles. The molecule has 0 N–H and O–H groups in total. The molecule has 2 aromatic carbocycles. The van der Waals surface area contributed by atoms with Crippen LogP contribution in [0.1, 0.15) is 42.3 Å². The van der Waals surface area contributed by atoms with Gasteiger partial charge in [-0.2, -0.15) is 5.26 Å². The molecule has 0 aliphatic carbocycles. The summed E-state index contributed by atoms with van der Waals surface area (Å²) in [6.07, 6.45) is 1.65. The first-order valence-corrected chi connectivity index (χ1v) is 8.97. The number of nitrogens with zero attached hydrogens (tertiary/aromatic N) is 1. The first kappa shape index (κ1) is 21.7. The van der Waals surface area contributed by atoms with E-state index in [0.717, 1.165) is 0 Å². The Balaban J connectivity index is 2.23. The number of nitriles is 1. The smallest absolute Gasteiger partial charge is 0.338 e. The molecule has 6 heteroatoms. The maximum atomic E-state index is 12.6. The lowest BCUT2D eigenvalue weighted by Crippen LogP contribution is -2.26. The molecule has 0 aliphatic heterocycles. The molecule has 2 aromatic rings. The first-order valence-electron chi connectivity index (χ1n) is 8.97. The zero-order valence-corrected chi connectivity index (χ0v) is 16.9. The van der Waals surface area contributed by atoms with Crippen LogP contribution < -0.4 is 4.74 Å². The van der Waals surface area contributed by atoms with Crippen LogP contribution in [0.25, 0.3) is 6.08 Å². The molecule has 0 bridgehead atoms. The van der Waals surface area contributed by atoms with Crippen molar-refractivity contribution in [2.45, 2.75) is 26.4 Å². The Labute approximate surface area is 170 Å². The third-order valence-corrected chi connectivity index (χ3v) is 3.71. The average molecular weight is 393 g/mol. The van der Waals surface area contributed by atoms with E-state index < -0.39 is 17.5 Å². The van der Waals surface area contributed by atoms with E-state index in [1.165, 1.54) is 7.11 Å². The number of hydrogen-bond donors (Lipinski definition) is 0. The van der Waals surface area contributed by atoms with Crippen LogP contribution in [0.4, 0.5) is 0 Å². The van der Waals surface area contributed by atoms with E-state index >= 15 is 0 Å². The van der Waals surface area contributed by atoms with Crippen molar-refractivity contribution in [1.29, 1.82) is 5.26 Å². The van der Waals surface area contributed by atoms with E-state index in [-0.39, 0.29) is 6.61 Å². The van der Waals surface area contributed by atoms with E-state index in [1.807, 2.05) is 6.07 Å². The summed E-state index contributed by atoms with van der Waals surface area (Å²) in [5.41, 5.74) is 1.31. The molecule has 29 heavy (non-hydrogen) atoms. The highest BCUT2D eigenvalue weighted by atomic mass is 16.6. The van der Waals surface area contributed by atoms with Gasteiger partial charge in [0.05, 0.1) is 29.9 Å². The lowest BCUT2D eigenvalue weighted by Gasteiger charge is -2.21.